The van der Waals surface area contributed by atoms with Gasteiger partial charge in [0.05, 0.1) is 16.1 Å². The maximum Gasteiger partial charge on any atom is 0.337 e. The first-order valence-corrected chi connectivity index (χ1v) is 13.1. The molecule has 3 aromatic rings. The van der Waals surface area contributed by atoms with Crippen LogP contribution in [0.5, 0.6) is 0 Å². The number of nitrogens with zero attached hydrogens (tertiary/aromatic N) is 4. The number of aromatic nitrogens is 2. The molecule has 4 rings (SSSR count). The van der Waals surface area contributed by atoms with Gasteiger partial charge < -0.3 is 14.9 Å². The van der Waals surface area contributed by atoms with E-state index < -0.39 is 16.0 Å². The fourth-order valence-electron chi connectivity index (χ4n) is 4.15. The summed E-state index contributed by atoms with van der Waals surface area (Å²) in [5, 5.41) is 9.82. The average molecular weight is 496 g/mol. The zero-order chi connectivity index (χ0) is 24.8. The fraction of sp³-hybridized carbons (Fsp3) is 0.320. The third-order valence-electron chi connectivity index (χ3n) is 5.95. The SMILES string of the molecule is CCCc1ccc(S(=O)(=O)Nc2ccc(N3CCCN(c4ncccn4)CC3)cc2C(=O)O)cc1. The minimum absolute atomic E-state index is 0.0352. The monoisotopic (exact) mass is 495 g/mol. The Morgan fingerprint density at radius 3 is 2.37 bits per heavy atom. The summed E-state index contributed by atoms with van der Waals surface area (Å²) in [6.45, 7) is 4.93. The van der Waals surface area contributed by atoms with Gasteiger partial charge in [0.2, 0.25) is 5.95 Å². The van der Waals surface area contributed by atoms with Crippen LogP contribution in [0.15, 0.2) is 65.8 Å². The van der Waals surface area contributed by atoms with E-state index in [4.69, 9.17) is 0 Å². The molecule has 0 aliphatic carbocycles. The number of rotatable bonds is 8. The van der Waals surface area contributed by atoms with Crippen molar-refractivity contribution in [1.29, 1.82) is 0 Å². The van der Waals surface area contributed by atoms with Gasteiger partial charge in [0, 0.05) is 44.3 Å². The number of carboxylic acids is 1. The van der Waals surface area contributed by atoms with Gasteiger partial charge in [-0.15, -0.1) is 0 Å². The van der Waals surface area contributed by atoms with Gasteiger partial charge in [-0.05, 0) is 54.8 Å². The molecule has 9 nitrogen and oxygen atoms in total. The number of carbonyl (C=O) groups is 1. The van der Waals surface area contributed by atoms with Crippen molar-refractivity contribution < 1.29 is 18.3 Å². The lowest BCUT2D eigenvalue weighted by molar-refractivity contribution is 0.0698. The molecule has 1 fully saturated rings. The van der Waals surface area contributed by atoms with Crippen LogP contribution in [0, 0.1) is 0 Å². The number of aromatic carboxylic acids is 1. The lowest BCUT2D eigenvalue weighted by Crippen LogP contribution is -2.31. The number of hydrogen-bond donors (Lipinski definition) is 2. The molecule has 0 atom stereocenters. The third-order valence-corrected chi connectivity index (χ3v) is 7.33. The van der Waals surface area contributed by atoms with Gasteiger partial charge in [0.1, 0.15) is 0 Å². The number of nitrogens with one attached hydrogen (secondary N) is 1. The van der Waals surface area contributed by atoms with Crippen LogP contribution < -0.4 is 14.5 Å². The Morgan fingerprint density at radius 1 is 1.00 bits per heavy atom. The van der Waals surface area contributed by atoms with E-state index in [1.54, 1.807) is 48.8 Å². The summed E-state index contributed by atoms with van der Waals surface area (Å²) in [6, 6.07) is 13.2. The first-order chi connectivity index (χ1) is 16.9. The third kappa shape index (κ3) is 5.89. The number of aryl methyl sites for hydroxylation is 1. The molecular weight excluding hydrogens is 466 g/mol. The first-order valence-electron chi connectivity index (χ1n) is 11.6. The molecule has 1 aliphatic rings. The van der Waals surface area contributed by atoms with Crippen LogP contribution in [0.25, 0.3) is 0 Å². The summed E-state index contributed by atoms with van der Waals surface area (Å²) < 4.78 is 28.3. The van der Waals surface area contributed by atoms with E-state index >= 15 is 0 Å². The largest absolute Gasteiger partial charge is 0.478 e. The summed E-state index contributed by atoms with van der Waals surface area (Å²) in [5.74, 6) is -0.523. The molecule has 0 spiro atoms. The molecule has 0 amide bonds. The van der Waals surface area contributed by atoms with Gasteiger partial charge in [-0.1, -0.05) is 25.5 Å². The van der Waals surface area contributed by atoms with Crippen LogP contribution in [0.4, 0.5) is 17.3 Å². The Kier molecular flexibility index (Phi) is 7.50. The molecule has 0 radical (unpaired) electrons. The summed E-state index contributed by atoms with van der Waals surface area (Å²) >= 11 is 0. The number of sulfonamides is 1. The minimum atomic E-state index is -3.93. The van der Waals surface area contributed by atoms with Crippen molar-refractivity contribution in [3.63, 3.8) is 0 Å². The molecule has 1 aliphatic heterocycles. The van der Waals surface area contributed by atoms with Crippen molar-refractivity contribution in [3.8, 4) is 0 Å². The molecule has 35 heavy (non-hydrogen) atoms. The predicted molar refractivity (Wildman–Crippen MR) is 136 cm³/mol. The number of carboxylic acid groups (broad SMARTS) is 1. The highest BCUT2D eigenvalue weighted by atomic mass is 32.2. The maximum absolute atomic E-state index is 12.9. The maximum atomic E-state index is 12.9. The van der Waals surface area contributed by atoms with Crippen molar-refractivity contribution in [2.75, 3.05) is 40.7 Å². The van der Waals surface area contributed by atoms with Gasteiger partial charge in [0.25, 0.3) is 10.0 Å². The smallest absolute Gasteiger partial charge is 0.337 e. The van der Waals surface area contributed by atoms with Crippen LogP contribution in [-0.4, -0.2) is 55.6 Å². The zero-order valence-electron chi connectivity index (χ0n) is 19.6. The first kappa shape index (κ1) is 24.5. The van der Waals surface area contributed by atoms with Crippen molar-refractivity contribution in [2.24, 2.45) is 0 Å². The second kappa shape index (κ2) is 10.7. The van der Waals surface area contributed by atoms with E-state index in [1.165, 1.54) is 12.1 Å². The molecular formula is C25H29N5O4S. The van der Waals surface area contributed by atoms with E-state index in [1.807, 2.05) is 0 Å². The Bertz CT molecular complexity index is 1270. The summed E-state index contributed by atoms with van der Waals surface area (Å²) in [6.07, 6.45) is 6.11. The highest BCUT2D eigenvalue weighted by molar-refractivity contribution is 7.92. The molecule has 2 N–H and O–H groups in total. The van der Waals surface area contributed by atoms with E-state index in [0.717, 1.165) is 43.6 Å². The molecule has 1 saturated heterocycles. The summed E-state index contributed by atoms with van der Waals surface area (Å²) in [4.78, 5) is 24.9. The Hall–Kier alpha value is -3.66. The van der Waals surface area contributed by atoms with Gasteiger partial charge in [-0.25, -0.2) is 23.2 Å². The quantitative estimate of drug-likeness (QED) is 0.487. The number of benzene rings is 2. The topological polar surface area (TPSA) is 116 Å². The molecule has 2 aromatic carbocycles. The Labute approximate surface area is 205 Å². The van der Waals surface area contributed by atoms with Crippen LogP contribution in [0.1, 0.15) is 35.7 Å². The van der Waals surface area contributed by atoms with E-state index in [2.05, 4.69) is 31.4 Å². The minimum Gasteiger partial charge on any atom is -0.478 e. The molecule has 0 unspecified atom stereocenters. The van der Waals surface area contributed by atoms with Gasteiger partial charge in [-0.3, -0.25) is 4.72 Å². The Morgan fingerprint density at radius 2 is 1.69 bits per heavy atom. The zero-order valence-corrected chi connectivity index (χ0v) is 20.4. The second-order valence-corrected chi connectivity index (χ2v) is 10.1. The van der Waals surface area contributed by atoms with Gasteiger partial charge in [-0.2, -0.15) is 0 Å². The Balaban J connectivity index is 1.52. The molecule has 2 heterocycles. The number of anilines is 3. The highest BCUT2D eigenvalue weighted by Crippen LogP contribution is 2.27. The van der Waals surface area contributed by atoms with Crippen LogP contribution in [0.3, 0.4) is 0 Å². The van der Waals surface area contributed by atoms with E-state index in [9.17, 15) is 18.3 Å². The standard InChI is InChI=1S/C25H29N5O4S/c1-2-5-19-6-9-21(10-7-19)35(33,34)28-23-11-8-20(18-22(23)24(31)32)29-14-4-15-30(17-16-29)25-26-12-3-13-27-25/h3,6-13,18,28H,2,4-5,14-17H2,1H3,(H,31,32). The average Bonchev–Trinajstić information content (AvgIpc) is 3.11. The lowest BCUT2D eigenvalue weighted by atomic mass is 10.1. The van der Waals surface area contributed by atoms with Crippen LogP contribution in [0.2, 0.25) is 0 Å². The van der Waals surface area contributed by atoms with Crippen LogP contribution >= 0.6 is 0 Å². The predicted octanol–water partition coefficient (Wildman–Crippen LogP) is 3.64. The summed E-state index contributed by atoms with van der Waals surface area (Å²) in [5.41, 5.74) is 1.72. The molecule has 0 bridgehead atoms. The fourth-order valence-corrected chi connectivity index (χ4v) is 5.23. The van der Waals surface area contributed by atoms with E-state index in [0.29, 0.717) is 19.0 Å². The lowest BCUT2D eigenvalue weighted by Gasteiger charge is -2.24. The second-order valence-electron chi connectivity index (χ2n) is 8.41. The number of hydrogen-bond acceptors (Lipinski definition) is 7. The van der Waals surface area contributed by atoms with Crippen molar-refractivity contribution in [3.05, 3.63) is 72.1 Å². The van der Waals surface area contributed by atoms with Gasteiger partial charge in [0.15, 0.2) is 0 Å². The van der Waals surface area contributed by atoms with Crippen LogP contribution in [-0.2, 0) is 16.4 Å². The van der Waals surface area contributed by atoms with Crippen molar-refractivity contribution >= 4 is 33.3 Å². The highest BCUT2D eigenvalue weighted by Gasteiger charge is 2.22. The molecule has 10 heteroatoms. The molecule has 184 valence electrons. The normalized spacial score (nSPS) is 14.4. The van der Waals surface area contributed by atoms with Gasteiger partial charge >= 0.3 is 5.97 Å². The van der Waals surface area contributed by atoms with E-state index in [-0.39, 0.29) is 16.1 Å². The van der Waals surface area contributed by atoms with Crippen molar-refractivity contribution in [2.45, 2.75) is 31.1 Å². The molecule has 1 aromatic heterocycles. The summed E-state index contributed by atoms with van der Waals surface area (Å²) in [7, 11) is -3.93. The van der Waals surface area contributed by atoms with Crippen molar-refractivity contribution in [1.82, 2.24) is 9.97 Å². The molecule has 0 saturated carbocycles.